The van der Waals surface area contributed by atoms with Crippen LogP contribution in [0.25, 0.3) is 0 Å². The van der Waals surface area contributed by atoms with Crippen molar-refractivity contribution in [1.29, 1.82) is 0 Å². The highest BCUT2D eigenvalue weighted by atomic mass is 35.5. The molecule has 2 rings (SSSR count). The van der Waals surface area contributed by atoms with Crippen LogP contribution in [0, 0.1) is 0 Å². The van der Waals surface area contributed by atoms with Crippen molar-refractivity contribution in [2.24, 2.45) is 0 Å². The van der Waals surface area contributed by atoms with Gasteiger partial charge in [0.05, 0.1) is 12.5 Å². The molecule has 0 aliphatic rings. The van der Waals surface area contributed by atoms with Crippen molar-refractivity contribution in [2.45, 2.75) is 24.9 Å². The van der Waals surface area contributed by atoms with E-state index in [1.165, 1.54) is 0 Å². The van der Waals surface area contributed by atoms with E-state index < -0.39 is 0 Å². The summed E-state index contributed by atoms with van der Waals surface area (Å²) in [6, 6.07) is 18.3. The number of halogens is 1. The number of para-hydroxylation sites is 1. The number of rotatable bonds is 6. The van der Waals surface area contributed by atoms with E-state index in [2.05, 4.69) is 30.4 Å². The standard InChI is InChI=1S/C17H20ClNO/c1-13(17(18)14-8-4-3-5-9-14)19-12-15-10-6-7-11-16(15)20-2/h3-11,13,17,19H,12H2,1-2H3/t13?,17-/m1/s1. The van der Waals surface area contributed by atoms with Crippen LogP contribution >= 0.6 is 11.6 Å². The fraction of sp³-hybridized carbons (Fsp3) is 0.294. The van der Waals surface area contributed by atoms with Crippen LogP contribution in [-0.4, -0.2) is 13.2 Å². The first kappa shape index (κ1) is 14.9. The lowest BCUT2D eigenvalue weighted by Gasteiger charge is -2.20. The molecule has 2 nitrogen and oxygen atoms in total. The Balaban J connectivity index is 1.97. The van der Waals surface area contributed by atoms with Crippen molar-refractivity contribution in [3.63, 3.8) is 0 Å². The van der Waals surface area contributed by atoms with E-state index in [1.54, 1.807) is 7.11 Å². The first-order chi connectivity index (χ1) is 9.72. The van der Waals surface area contributed by atoms with Gasteiger partial charge in [-0.15, -0.1) is 11.6 Å². The van der Waals surface area contributed by atoms with E-state index in [0.29, 0.717) is 0 Å². The molecule has 0 saturated heterocycles. The Bertz CT molecular complexity index is 530. The number of alkyl halides is 1. The maximum atomic E-state index is 6.50. The summed E-state index contributed by atoms with van der Waals surface area (Å²) in [4.78, 5) is 0. The van der Waals surface area contributed by atoms with Gasteiger partial charge >= 0.3 is 0 Å². The maximum absolute atomic E-state index is 6.50. The van der Waals surface area contributed by atoms with Crippen LogP contribution in [0.3, 0.4) is 0 Å². The molecule has 0 aromatic heterocycles. The molecule has 2 atom stereocenters. The molecule has 0 fully saturated rings. The third-order valence-electron chi connectivity index (χ3n) is 3.36. The predicted molar refractivity (Wildman–Crippen MR) is 84.3 cm³/mol. The molecule has 3 heteroatoms. The number of nitrogens with one attached hydrogen (secondary N) is 1. The molecule has 0 bridgehead atoms. The smallest absolute Gasteiger partial charge is 0.123 e. The zero-order valence-electron chi connectivity index (χ0n) is 11.8. The van der Waals surface area contributed by atoms with Crippen molar-refractivity contribution in [2.75, 3.05) is 7.11 Å². The largest absolute Gasteiger partial charge is 0.496 e. The summed E-state index contributed by atoms with van der Waals surface area (Å²) in [6.45, 7) is 2.83. The average Bonchev–Trinajstić information content (AvgIpc) is 2.53. The van der Waals surface area contributed by atoms with Gasteiger partial charge in [0.1, 0.15) is 5.75 Å². The average molecular weight is 290 g/mol. The fourth-order valence-corrected chi connectivity index (χ4v) is 2.38. The Morgan fingerprint density at radius 1 is 1.05 bits per heavy atom. The fourth-order valence-electron chi connectivity index (χ4n) is 2.15. The van der Waals surface area contributed by atoms with Gasteiger partial charge in [0.25, 0.3) is 0 Å². The lowest BCUT2D eigenvalue weighted by Crippen LogP contribution is -2.29. The van der Waals surface area contributed by atoms with Crippen molar-refractivity contribution in [3.05, 3.63) is 65.7 Å². The summed E-state index contributed by atoms with van der Waals surface area (Å²) in [5, 5.41) is 3.41. The van der Waals surface area contributed by atoms with Gasteiger partial charge in [-0.25, -0.2) is 0 Å². The molecule has 0 aliphatic heterocycles. The van der Waals surface area contributed by atoms with Crippen molar-refractivity contribution >= 4 is 11.6 Å². The number of methoxy groups -OCH3 is 1. The Morgan fingerprint density at radius 2 is 1.70 bits per heavy atom. The second-order valence-electron chi connectivity index (χ2n) is 4.79. The Labute approximate surface area is 125 Å². The lowest BCUT2D eigenvalue weighted by molar-refractivity contribution is 0.405. The summed E-state index contributed by atoms with van der Waals surface area (Å²) >= 11 is 6.50. The van der Waals surface area contributed by atoms with Gasteiger partial charge in [-0.3, -0.25) is 0 Å². The zero-order valence-corrected chi connectivity index (χ0v) is 12.6. The van der Waals surface area contributed by atoms with Crippen LogP contribution in [0.1, 0.15) is 23.4 Å². The second kappa shape index (κ2) is 7.32. The zero-order chi connectivity index (χ0) is 14.4. The van der Waals surface area contributed by atoms with E-state index in [9.17, 15) is 0 Å². The highest BCUT2D eigenvalue weighted by Crippen LogP contribution is 2.24. The van der Waals surface area contributed by atoms with Gasteiger partial charge in [0.2, 0.25) is 0 Å². The van der Waals surface area contributed by atoms with Gasteiger partial charge in [-0.2, -0.15) is 0 Å². The molecule has 0 amide bonds. The number of hydrogen-bond acceptors (Lipinski definition) is 2. The first-order valence-electron chi connectivity index (χ1n) is 6.76. The van der Waals surface area contributed by atoms with Gasteiger partial charge in [0.15, 0.2) is 0 Å². The summed E-state index contributed by atoms with van der Waals surface area (Å²) in [6.07, 6.45) is 0. The van der Waals surface area contributed by atoms with Crippen molar-refractivity contribution < 1.29 is 4.74 Å². The van der Waals surface area contributed by atoms with E-state index in [-0.39, 0.29) is 11.4 Å². The summed E-state index contributed by atoms with van der Waals surface area (Å²) in [5.41, 5.74) is 2.27. The minimum Gasteiger partial charge on any atom is -0.496 e. The molecule has 0 radical (unpaired) electrons. The third-order valence-corrected chi connectivity index (χ3v) is 3.99. The molecule has 1 N–H and O–H groups in total. The summed E-state index contributed by atoms with van der Waals surface area (Å²) < 4.78 is 5.35. The molecule has 106 valence electrons. The van der Waals surface area contributed by atoms with Gasteiger partial charge in [0, 0.05) is 18.2 Å². The van der Waals surface area contributed by atoms with E-state index >= 15 is 0 Å². The molecular formula is C17H20ClNO. The van der Waals surface area contributed by atoms with Gasteiger partial charge in [-0.05, 0) is 18.6 Å². The molecule has 0 aliphatic carbocycles. The molecular weight excluding hydrogens is 270 g/mol. The van der Waals surface area contributed by atoms with Crippen LogP contribution in [0.15, 0.2) is 54.6 Å². The molecule has 1 unspecified atom stereocenters. The van der Waals surface area contributed by atoms with Crippen LogP contribution in [0.2, 0.25) is 0 Å². The van der Waals surface area contributed by atoms with Gasteiger partial charge in [-0.1, -0.05) is 48.5 Å². The maximum Gasteiger partial charge on any atom is 0.123 e. The Morgan fingerprint density at radius 3 is 2.40 bits per heavy atom. The number of hydrogen-bond donors (Lipinski definition) is 1. The van der Waals surface area contributed by atoms with Crippen LogP contribution in [-0.2, 0) is 6.54 Å². The monoisotopic (exact) mass is 289 g/mol. The molecule has 0 saturated carbocycles. The predicted octanol–water partition coefficient (Wildman–Crippen LogP) is 4.15. The second-order valence-corrected chi connectivity index (χ2v) is 5.26. The minimum absolute atomic E-state index is 0.0501. The van der Waals surface area contributed by atoms with E-state index in [4.69, 9.17) is 16.3 Å². The highest BCUT2D eigenvalue weighted by molar-refractivity contribution is 6.21. The molecule has 2 aromatic rings. The molecule has 20 heavy (non-hydrogen) atoms. The summed E-state index contributed by atoms with van der Waals surface area (Å²) in [7, 11) is 1.69. The molecule has 2 aromatic carbocycles. The van der Waals surface area contributed by atoms with Crippen LogP contribution < -0.4 is 10.1 Å². The highest BCUT2D eigenvalue weighted by Gasteiger charge is 2.16. The SMILES string of the molecule is COc1ccccc1CNC(C)[C@@H](Cl)c1ccccc1. The van der Waals surface area contributed by atoms with Gasteiger partial charge < -0.3 is 10.1 Å². The first-order valence-corrected chi connectivity index (χ1v) is 7.20. The lowest BCUT2D eigenvalue weighted by atomic mass is 10.1. The van der Waals surface area contributed by atoms with Crippen LogP contribution in [0.5, 0.6) is 5.75 Å². The van der Waals surface area contributed by atoms with Crippen molar-refractivity contribution in [3.8, 4) is 5.75 Å². The topological polar surface area (TPSA) is 21.3 Å². The minimum atomic E-state index is -0.0501. The van der Waals surface area contributed by atoms with E-state index in [1.807, 2.05) is 36.4 Å². The van der Waals surface area contributed by atoms with E-state index in [0.717, 1.165) is 23.4 Å². The number of ether oxygens (including phenoxy) is 1. The molecule has 0 heterocycles. The Kier molecular flexibility index (Phi) is 5.45. The third kappa shape index (κ3) is 3.75. The quantitative estimate of drug-likeness (QED) is 0.807. The van der Waals surface area contributed by atoms with Crippen LogP contribution in [0.4, 0.5) is 0 Å². The Hall–Kier alpha value is -1.51. The normalized spacial score (nSPS) is 13.8. The number of benzene rings is 2. The van der Waals surface area contributed by atoms with Crippen molar-refractivity contribution in [1.82, 2.24) is 5.32 Å². The molecule has 0 spiro atoms. The summed E-state index contributed by atoms with van der Waals surface area (Å²) in [5.74, 6) is 0.901.